The van der Waals surface area contributed by atoms with Gasteiger partial charge in [-0.3, -0.25) is 0 Å². The monoisotopic (exact) mass is 297 g/mol. The fourth-order valence-electron chi connectivity index (χ4n) is 2.81. The van der Waals surface area contributed by atoms with Gasteiger partial charge in [0.15, 0.2) is 0 Å². The maximum atomic E-state index is 12.6. The van der Waals surface area contributed by atoms with Crippen LogP contribution in [0.25, 0.3) is 0 Å². The predicted molar refractivity (Wildman–Crippen MR) is 77.8 cm³/mol. The molecular formula is C14H23N3O2S. The molecule has 0 aromatic carbocycles. The van der Waals surface area contributed by atoms with E-state index >= 15 is 0 Å². The molecule has 20 heavy (non-hydrogen) atoms. The molecule has 2 aliphatic carbocycles. The molecule has 6 heteroatoms. The highest BCUT2D eigenvalue weighted by molar-refractivity contribution is 7.89. The van der Waals surface area contributed by atoms with Crippen molar-refractivity contribution >= 4 is 10.0 Å². The highest BCUT2D eigenvalue weighted by atomic mass is 32.2. The van der Waals surface area contributed by atoms with Gasteiger partial charge in [0.1, 0.15) is 4.90 Å². The van der Waals surface area contributed by atoms with Crippen LogP contribution in [-0.2, 0) is 16.6 Å². The second-order valence-electron chi connectivity index (χ2n) is 6.09. The van der Waals surface area contributed by atoms with Gasteiger partial charge in [0.2, 0.25) is 10.0 Å². The number of rotatable bonds is 6. The van der Waals surface area contributed by atoms with Crippen LogP contribution >= 0.6 is 0 Å². The van der Waals surface area contributed by atoms with Gasteiger partial charge in [-0.05, 0) is 37.7 Å². The van der Waals surface area contributed by atoms with Crippen molar-refractivity contribution in [3.8, 4) is 0 Å². The first-order valence-electron chi connectivity index (χ1n) is 7.39. The first-order chi connectivity index (χ1) is 9.52. The summed E-state index contributed by atoms with van der Waals surface area (Å²) in [4.78, 5) is 0.395. The molecule has 2 fully saturated rings. The topological polar surface area (TPSA) is 68.3 Å². The van der Waals surface area contributed by atoms with Crippen molar-refractivity contribution in [2.45, 2.75) is 49.6 Å². The summed E-state index contributed by atoms with van der Waals surface area (Å²) >= 11 is 0. The Balaban J connectivity index is 1.82. The lowest BCUT2D eigenvalue weighted by Crippen LogP contribution is -2.34. The van der Waals surface area contributed by atoms with Crippen LogP contribution in [0.4, 0.5) is 0 Å². The molecule has 0 unspecified atom stereocenters. The summed E-state index contributed by atoms with van der Waals surface area (Å²) in [5, 5.41) is 0. The van der Waals surface area contributed by atoms with Crippen LogP contribution in [0.1, 0.15) is 43.8 Å². The largest absolute Gasteiger partial charge is 0.346 e. The lowest BCUT2D eigenvalue weighted by Gasteiger charge is -2.29. The van der Waals surface area contributed by atoms with Gasteiger partial charge in [-0.15, -0.1) is 0 Å². The summed E-state index contributed by atoms with van der Waals surface area (Å²) in [6.45, 7) is 1.02. The van der Waals surface area contributed by atoms with Gasteiger partial charge in [-0.2, -0.15) is 0 Å². The maximum Gasteiger partial charge on any atom is 0.244 e. The zero-order chi connectivity index (χ0) is 14.3. The Morgan fingerprint density at radius 3 is 2.55 bits per heavy atom. The minimum absolute atomic E-state index is 0.387. The quantitative estimate of drug-likeness (QED) is 0.869. The fourth-order valence-corrected chi connectivity index (χ4v) is 4.11. The Bertz CT molecular complexity index is 586. The SMILES string of the molecule is CN(CC1CCC1)S(=O)(=O)c1cc(CN)n(C2CC2)c1. The average molecular weight is 297 g/mol. The lowest BCUT2D eigenvalue weighted by atomic mass is 9.86. The van der Waals surface area contributed by atoms with E-state index in [1.54, 1.807) is 19.3 Å². The van der Waals surface area contributed by atoms with Crippen molar-refractivity contribution < 1.29 is 8.42 Å². The third-order valence-corrected chi connectivity index (χ3v) is 6.29. The smallest absolute Gasteiger partial charge is 0.244 e. The zero-order valence-electron chi connectivity index (χ0n) is 12.0. The Labute approximate surface area is 120 Å². The summed E-state index contributed by atoms with van der Waals surface area (Å²) in [6.07, 6.45) is 7.55. The van der Waals surface area contributed by atoms with Crippen LogP contribution in [0.15, 0.2) is 17.2 Å². The van der Waals surface area contributed by atoms with Gasteiger partial charge < -0.3 is 10.3 Å². The van der Waals surface area contributed by atoms with Crippen molar-refractivity contribution in [2.24, 2.45) is 11.7 Å². The molecule has 5 nitrogen and oxygen atoms in total. The lowest BCUT2D eigenvalue weighted by molar-refractivity contribution is 0.263. The van der Waals surface area contributed by atoms with Gasteiger partial charge in [0.25, 0.3) is 0 Å². The number of aromatic nitrogens is 1. The third-order valence-electron chi connectivity index (χ3n) is 4.50. The second-order valence-corrected chi connectivity index (χ2v) is 8.14. The fraction of sp³-hybridized carbons (Fsp3) is 0.714. The van der Waals surface area contributed by atoms with Gasteiger partial charge in [-0.25, -0.2) is 12.7 Å². The first kappa shape index (κ1) is 14.1. The Morgan fingerprint density at radius 2 is 2.05 bits per heavy atom. The molecular weight excluding hydrogens is 274 g/mol. The van der Waals surface area contributed by atoms with Crippen molar-refractivity contribution in [3.63, 3.8) is 0 Å². The van der Waals surface area contributed by atoms with Crippen LogP contribution < -0.4 is 5.73 Å². The van der Waals surface area contributed by atoms with E-state index in [1.165, 1.54) is 10.7 Å². The molecule has 2 N–H and O–H groups in total. The Hall–Kier alpha value is -0.850. The van der Waals surface area contributed by atoms with Gasteiger partial charge >= 0.3 is 0 Å². The van der Waals surface area contributed by atoms with E-state index in [9.17, 15) is 8.42 Å². The van der Waals surface area contributed by atoms with E-state index in [0.29, 0.717) is 29.9 Å². The predicted octanol–water partition coefficient (Wildman–Crippen LogP) is 1.70. The van der Waals surface area contributed by atoms with Crippen LogP contribution in [0, 0.1) is 5.92 Å². The number of nitrogens with two attached hydrogens (primary N) is 1. The van der Waals surface area contributed by atoms with Crippen molar-refractivity contribution in [3.05, 3.63) is 18.0 Å². The molecule has 0 radical (unpaired) electrons. The molecule has 1 aromatic heterocycles. The van der Waals surface area contributed by atoms with Crippen LogP contribution in [0.2, 0.25) is 0 Å². The van der Waals surface area contributed by atoms with Crippen molar-refractivity contribution in [1.29, 1.82) is 0 Å². The number of hydrogen-bond acceptors (Lipinski definition) is 3. The van der Waals surface area contributed by atoms with E-state index in [0.717, 1.165) is 31.4 Å². The molecule has 0 aliphatic heterocycles. The molecule has 1 aromatic rings. The first-order valence-corrected chi connectivity index (χ1v) is 8.83. The summed E-state index contributed by atoms with van der Waals surface area (Å²) in [5.41, 5.74) is 6.65. The molecule has 112 valence electrons. The minimum atomic E-state index is -3.37. The molecule has 3 rings (SSSR count). The Kier molecular flexibility index (Phi) is 3.64. The normalized spacial score (nSPS) is 20.4. The second kappa shape index (κ2) is 5.16. The van der Waals surface area contributed by atoms with Gasteiger partial charge in [0.05, 0.1) is 0 Å². The highest BCUT2D eigenvalue weighted by Crippen LogP contribution is 2.37. The van der Waals surface area contributed by atoms with Crippen LogP contribution in [0.5, 0.6) is 0 Å². The molecule has 1 heterocycles. The van der Waals surface area contributed by atoms with E-state index in [2.05, 4.69) is 0 Å². The number of hydrogen-bond donors (Lipinski definition) is 1. The van der Waals surface area contributed by atoms with Gasteiger partial charge in [-0.1, -0.05) is 6.42 Å². The molecule has 0 spiro atoms. The standard InChI is InChI=1S/C14H23N3O2S/c1-16(9-11-3-2-4-11)20(18,19)14-7-13(8-15)17(10-14)12-5-6-12/h7,10-12H,2-6,8-9,15H2,1H3. The molecule has 2 saturated carbocycles. The summed E-state index contributed by atoms with van der Waals surface area (Å²) < 4.78 is 28.8. The van der Waals surface area contributed by atoms with E-state index < -0.39 is 10.0 Å². The number of nitrogens with zero attached hydrogens (tertiary/aromatic N) is 2. The third kappa shape index (κ3) is 2.52. The maximum absolute atomic E-state index is 12.6. The number of sulfonamides is 1. The molecule has 0 saturated heterocycles. The van der Waals surface area contributed by atoms with E-state index in [1.807, 2.05) is 4.57 Å². The molecule has 0 atom stereocenters. The average Bonchev–Trinajstić information content (AvgIpc) is 3.12. The highest BCUT2D eigenvalue weighted by Gasteiger charge is 2.31. The van der Waals surface area contributed by atoms with Crippen LogP contribution in [0.3, 0.4) is 0 Å². The summed E-state index contributed by atoms with van der Waals surface area (Å²) in [6, 6.07) is 2.19. The summed E-state index contributed by atoms with van der Waals surface area (Å²) in [7, 11) is -1.69. The molecule has 0 amide bonds. The Morgan fingerprint density at radius 1 is 1.35 bits per heavy atom. The van der Waals surface area contributed by atoms with Gasteiger partial charge in [0, 0.05) is 38.1 Å². The van der Waals surface area contributed by atoms with Crippen molar-refractivity contribution in [2.75, 3.05) is 13.6 Å². The van der Waals surface area contributed by atoms with E-state index in [-0.39, 0.29) is 0 Å². The minimum Gasteiger partial charge on any atom is -0.346 e. The van der Waals surface area contributed by atoms with E-state index in [4.69, 9.17) is 5.73 Å². The van der Waals surface area contributed by atoms with Crippen molar-refractivity contribution in [1.82, 2.24) is 8.87 Å². The molecule has 0 bridgehead atoms. The zero-order valence-corrected chi connectivity index (χ0v) is 12.8. The summed E-state index contributed by atoms with van der Waals surface area (Å²) in [5.74, 6) is 0.536. The molecule has 2 aliphatic rings. The van der Waals surface area contributed by atoms with Crippen LogP contribution in [-0.4, -0.2) is 30.9 Å².